The van der Waals surface area contributed by atoms with Crippen LogP contribution in [0.1, 0.15) is 46.4 Å². The number of urea groups is 1. The monoisotopic (exact) mass is 591 g/mol. The van der Waals surface area contributed by atoms with E-state index in [0.717, 1.165) is 30.4 Å². The number of hydrogen-bond donors (Lipinski definition) is 4. The second kappa shape index (κ2) is 13.6. The van der Waals surface area contributed by atoms with E-state index in [9.17, 15) is 19.2 Å². The number of amides is 4. The Hall–Kier alpha value is -4.32. The number of fused-ring (bicyclic) bond motifs is 2. The minimum absolute atomic E-state index is 0.0442. The summed E-state index contributed by atoms with van der Waals surface area (Å²) < 4.78 is 10.6. The van der Waals surface area contributed by atoms with Crippen molar-refractivity contribution in [2.24, 2.45) is 0 Å². The van der Waals surface area contributed by atoms with Crippen LogP contribution in [-0.4, -0.2) is 72.1 Å². The fraction of sp³-hybridized carbons (Fsp3) is 0.367. The van der Waals surface area contributed by atoms with E-state index in [0.29, 0.717) is 52.9 Å². The van der Waals surface area contributed by atoms with Crippen molar-refractivity contribution in [2.45, 2.75) is 43.0 Å². The van der Waals surface area contributed by atoms with Crippen molar-refractivity contribution in [3.63, 3.8) is 0 Å². The van der Waals surface area contributed by atoms with Crippen molar-refractivity contribution in [3.05, 3.63) is 65.9 Å². The molecule has 2 aliphatic heterocycles. The number of pyridine rings is 1. The molecule has 0 bridgehead atoms. The van der Waals surface area contributed by atoms with Gasteiger partial charge in [-0.15, -0.1) is 0 Å². The number of hydrogen-bond acceptors (Lipinski definition) is 8. The van der Waals surface area contributed by atoms with Gasteiger partial charge in [0, 0.05) is 53.7 Å². The molecule has 4 N–H and O–H groups in total. The van der Waals surface area contributed by atoms with Crippen molar-refractivity contribution >= 4 is 46.3 Å². The molecule has 42 heavy (non-hydrogen) atoms. The second-order valence-electron chi connectivity index (χ2n) is 10.1. The summed E-state index contributed by atoms with van der Waals surface area (Å²) in [6.07, 6.45) is 4.47. The first-order valence-electron chi connectivity index (χ1n) is 13.9. The summed E-state index contributed by atoms with van der Waals surface area (Å²) in [6, 6.07) is 14.2. The molecule has 0 spiro atoms. The van der Waals surface area contributed by atoms with E-state index >= 15 is 0 Å². The Bertz CT molecular complexity index is 1470. The van der Waals surface area contributed by atoms with Crippen LogP contribution in [0.3, 0.4) is 0 Å². The van der Waals surface area contributed by atoms with E-state index in [1.165, 1.54) is 13.3 Å². The average Bonchev–Trinajstić information content (AvgIpc) is 3.56. The molecule has 0 aliphatic carbocycles. The Morgan fingerprint density at radius 2 is 1.81 bits per heavy atom. The molecule has 0 saturated carbocycles. The Labute approximate surface area is 247 Å². The number of methoxy groups -OCH3 is 1. The standard InChI is InChI=1S/C30H33N5O6S/c1-40-29(38)18-12-13-26(33-16-18)41-23-9-5-6-19-20(23)7-4-8-21(19)28(37)32-15-14-31-25(36)11-3-2-10-24-27-22(17-42-24)34-30(39)35-27/h4-9,12-13,16,22,24,27H,2-3,10-11,14-15,17H2,1H3,(H,31,36)(H,32,37)(H2,34,35,39)/t22-,24-,27-/m0/s1. The number of nitrogens with one attached hydrogen (secondary N) is 4. The van der Waals surface area contributed by atoms with E-state index in [4.69, 9.17) is 9.47 Å². The third kappa shape index (κ3) is 6.93. The van der Waals surface area contributed by atoms with Crippen LogP contribution in [0.15, 0.2) is 54.7 Å². The smallest absolute Gasteiger partial charge is 0.339 e. The maximum Gasteiger partial charge on any atom is 0.339 e. The molecule has 3 heterocycles. The SMILES string of the molecule is COC(=O)c1ccc(Oc2cccc3c(C(=O)NCCNC(=O)CCCC[C@@H]4SC[C@@H]5NC(=O)N[C@@H]54)cccc23)nc1. The molecule has 2 saturated heterocycles. The number of aromatic nitrogens is 1. The highest BCUT2D eigenvalue weighted by atomic mass is 32.2. The van der Waals surface area contributed by atoms with Gasteiger partial charge in [0.15, 0.2) is 0 Å². The molecule has 0 radical (unpaired) electrons. The van der Waals surface area contributed by atoms with Gasteiger partial charge in [-0.2, -0.15) is 11.8 Å². The van der Waals surface area contributed by atoms with Crippen LogP contribution in [0.5, 0.6) is 11.6 Å². The van der Waals surface area contributed by atoms with E-state index in [-0.39, 0.29) is 29.9 Å². The maximum absolute atomic E-state index is 13.0. The Kier molecular flexibility index (Phi) is 9.42. The summed E-state index contributed by atoms with van der Waals surface area (Å²) >= 11 is 1.87. The summed E-state index contributed by atoms with van der Waals surface area (Å²) in [6.45, 7) is 0.624. The predicted octanol–water partition coefficient (Wildman–Crippen LogP) is 3.39. The molecule has 3 atom stereocenters. The zero-order valence-electron chi connectivity index (χ0n) is 23.2. The van der Waals surface area contributed by atoms with Crippen LogP contribution in [0.2, 0.25) is 0 Å². The topological polar surface area (TPSA) is 148 Å². The molecule has 1 aromatic heterocycles. The van der Waals surface area contributed by atoms with Crippen LogP contribution in [0.25, 0.3) is 10.8 Å². The molecule has 5 rings (SSSR count). The number of ether oxygens (including phenoxy) is 2. The summed E-state index contributed by atoms with van der Waals surface area (Å²) in [5, 5.41) is 13.5. The van der Waals surface area contributed by atoms with E-state index in [1.54, 1.807) is 36.4 Å². The highest BCUT2D eigenvalue weighted by molar-refractivity contribution is 8.00. The van der Waals surface area contributed by atoms with Crippen LogP contribution in [0, 0.1) is 0 Å². The fourth-order valence-corrected chi connectivity index (χ4v) is 6.74. The van der Waals surface area contributed by atoms with Gasteiger partial charge in [0.1, 0.15) is 5.75 Å². The number of thioether (sulfide) groups is 1. The normalized spacial score (nSPS) is 19.0. The first-order chi connectivity index (χ1) is 20.4. The van der Waals surface area contributed by atoms with Gasteiger partial charge >= 0.3 is 12.0 Å². The first-order valence-corrected chi connectivity index (χ1v) is 15.0. The number of benzene rings is 2. The van der Waals surface area contributed by atoms with Gasteiger partial charge < -0.3 is 30.7 Å². The lowest BCUT2D eigenvalue weighted by atomic mass is 10.0. The van der Waals surface area contributed by atoms with Crippen molar-refractivity contribution < 1.29 is 28.7 Å². The molecule has 11 nitrogen and oxygen atoms in total. The van der Waals surface area contributed by atoms with Crippen LogP contribution >= 0.6 is 11.8 Å². The highest BCUT2D eigenvalue weighted by Crippen LogP contribution is 2.33. The minimum atomic E-state index is -0.485. The molecular formula is C30H33N5O6S. The number of nitrogens with zero attached hydrogens (tertiary/aromatic N) is 1. The lowest BCUT2D eigenvalue weighted by Gasteiger charge is -2.16. The molecule has 12 heteroatoms. The van der Waals surface area contributed by atoms with Crippen LogP contribution in [-0.2, 0) is 9.53 Å². The van der Waals surface area contributed by atoms with Crippen molar-refractivity contribution in [1.82, 2.24) is 26.3 Å². The third-order valence-electron chi connectivity index (χ3n) is 7.31. The third-order valence-corrected chi connectivity index (χ3v) is 8.82. The maximum atomic E-state index is 13.0. The van der Waals surface area contributed by atoms with Crippen LogP contribution in [0.4, 0.5) is 4.79 Å². The van der Waals surface area contributed by atoms with Crippen molar-refractivity contribution in [3.8, 4) is 11.6 Å². The molecule has 2 fully saturated rings. The summed E-state index contributed by atoms with van der Waals surface area (Å²) in [5.74, 6) is 0.960. The minimum Gasteiger partial charge on any atom is -0.465 e. The summed E-state index contributed by atoms with van der Waals surface area (Å²) in [7, 11) is 1.30. The summed E-state index contributed by atoms with van der Waals surface area (Å²) in [5.41, 5.74) is 0.799. The lowest BCUT2D eigenvalue weighted by molar-refractivity contribution is -0.121. The number of unbranched alkanes of at least 4 members (excludes halogenated alkanes) is 1. The van der Waals surface area contributed by atoms with E-state index < -0.39 is 5.97 Å². The number of esters is 1. The molecule has 220 valence electrons. The van der Waals surface area contributed by atoms with E-state index in [1.807, 2.05) is 23.9 Å². The second-order valence-corrected chi connectivity index (χ2v) is 11.4. The molecule has 3 aromatic rings. The lowest BCUT2D eigenvalue weighted by Crippen LogP contribution is -2.36. The van der Waals surface area contributed by atoms with Gasteiger partial charge in [-0.05, 0) is 36.4 Å². The quantitative estimate of drug-likeness (QED) is 0.142. The Morgan fingerprint density at radius 1 is 1.00 bits per heavy atom. The first kappa shape index (κ1) is 29.2. The van der Waals surface area contributed by atoms with Gasteiger partial charge in [0.2, 0.25) is 11.8 Å². The molecular weight excluding hydrogens is 558 g/mol. The van der Waals surface area contributed by atoms with Crippen molar-refractivity contribution in [2.75, 3.05) is 26.0 Å². The Morgan fingerprint density at radius 3 is 2.62 bits per heavy atom. The number of carbonyl (C=O) groups excluding carboxylic acids is 4. The largest absolute Gasteiger partial charge is 0.465 e. The van der Waals surface area contributed by atoms with Gasteiger partial charge in [0.25, 0.3) is 5.91 Å². The van der Waals surface area contributed by atoms with Gasteiger partial charge in [-0.3, -0.25) is 9.59 Å². The van der Waals surface area contributed by atoms with Gasteiger partial charge in [-0.25, -0.2) is 14.6 Å². The number of rotatable bonds is 12. The zero-order valence-corrected chi connectivity index (χ0v) is 24.0. The highest BCUT2D eigenvalue weighted by Gasteiger charge is 2.42. The van der Waals surface area contributed by atoms with E-state index in [2.05, 4.69) is 26.3 Å². The van der Waals surface area contributed by atoms with Gasteiger partial charge in [-0.1, -0.05) is 30.7 Å². The molecule has 2 aliphatic rings. The number of carbonyl (C=O) groups is 4. The zero-order chi connectivity index (χ0) is 29.5. The van der Waals surface area contributed by atoms with Gasteiger partial charge in [0.05, 0.1) is 24.8 Å². The molecule has 4 amide bonds. The Balaban J connectivity index is 1.06. The average molecular weight is 592 g/mol. The fourth-order valence-electron chi connectivity index (χ4n) is 5.20. The molecule has 2 aromatic carbocycles. The predicted molar refractivity (Wildman–Crippen MR) is 159 cm³/mol. The molecule has 0 unspecified atom stereocenters. The summed E-state index contributed by atoms with van der Waals surface area (Å²) in [4.78, 5) is 52.6. The van der Waals surface area contributed by atoms with Crippen LogP contribution < -0.4 is 26.0 Å². The van der Waals surface area contributed by atoms with Crippen molar-refractivity contribution in [1.29, 1.82) is 0 Å².